The minimum atomic E-state index is -4.00. The highest BCUT2D eigenvalue weighted by Crippen LogP contribution is 2.10. The standard InChI is InChI=1S/C5H13N.C2H3F3/c1-3-4-5-6-2;1-2(3,4)5/h6H,3-5H2,1-2H3;1H3. The van der Waals surface area contributed by atoms with Gasteiger partial charge in [0.15, 0.2) is 0 Å². The minimum absolute atomic E-state index is 0.188. The first-order valence-corrected chi connectivity index (χ1v) is 3.63. The molecule has 0 atom stereocenters. The molecule has 0 aromatic heterocycles. The molecule has 0 radical (unpaired) electrons. The van der Waals surface area contributed by atoms with Gasteiger partial charge in [-0.05, 0) is 20.0 Å². The molecule has 0 fully saturated rings. The van der Waals surface area contributed by atoms with Gasteiger partial charge in [0.05, 0.1) is 0 Å². The van der Waals surface area contributed by atoms with Gasteiger partial charge < -0.3 is 5.32 Å². The van der Waals surface area contributed by atoms with Crippen LogP contribution in [-0.4, -0.2) is 19.8 Å². The smallest absolute Gasteiger partial charge is 0.320 e. The molecule has 1 N–H and O–H groups in total. The molecule has 0 aliphatic carbocycles. The van der Waals surface area contributed by atoms with E-state index in [1.54, 1.807) is 0 Å². The highest BCUT2D eigenvalue weighted by molar-refractivity contribution is 4.34. The number of unbranched alkanes of at least 4 members (excludes halogenated alkanes) is 1. The van der Waals surface area contributed by atoms with Crippen LogP contribution in [0.15, 0.2) is 0 Å². The van der Waals surface area contributed by atoms with Crippen molar-refractivity contribution in [3.63, 3.8) is 0 Å². The van der Waals surface area contributed by atoms with Gasteiger partial charge in [-0.1, -0.05) is 13.3 Å². The molecule has 0 aromatic carbocycles. The van der Waals surface area contributed by atoms with Crippen molar-refractivity contribution in [1.82, 2.24) is 5.32 Å². The number of rotatable bonds is 3. The Morgan fingerprint density at radius 3 is 1.73 bits per heavy atom. The van der Waals surface area contributed by atoms with Crippen molar-refractivity contribution >= 4 is 0 Å². The van der Waals surface area contributed by atoms with Crippen LogP contribution in [0.2, 0.25) is 0 Å². The van der Waals surface area contributed by atoms with Crippen molar-refractivity contribution in [2.75, 3.05) is 13.6 Å². The number of halogens is 3. The van der Waals surface area contributed by atoms with Gasteiger partial charge in [0, 0.05) is 6.92 Å². The monoisotopic (exact) mass is 171 g/mol. The first-order chi connectivity index (χ1) is 4.91. The summed E-state index contributed by atoms with van der Waals surface area (Å²) in [5.74, 6) is 0. The van der Waals surface area contributed by atoms with Gasteiger partial charge in [-0.2, -0.15) is 13.2 Å². The lowest BCUT2D eigenvalue weighted by Gasteiger charge is -1.89. The second kappa shape index (κ2) is 7.85. The van der Waals surface area contributed by atoms with Crippen LogP contribution in [0, 0.1) is 0 Å². The first-order valence-electron chi connectivity index (χ1n) is 3.63. The lowest BCUT2D eigenvalue weighted by molar-refractivity contribution is -0.110. The molecular weight excluding hydrogens is 155 g/mol. The van der Waals surface area contributed by atoms with Gasteiger partial charge in [-0.3, -0.25) is 0 Å². The first kappa shape index (κ1) is 13.3. The largest absolute Gasteiger partial charge is 0.386 e. The Labute approximate surface area is 66.0 Å². The zero-order valence-corrected chi connectivity index (χ0v) is 7.26. The molecule has 0 bridgehead atoms. The predicted octanol–water partition coefficient (Wildman–Crippen LogP) is 2.57. The van der Waals surface area contributed by atoms with E-state index in [0.29, 0.717) is 0 Å². The summed E-state index contributed by atoms with van der Waals surface area (Å²) in [5.41, 5.74) is 0. The number of alkyl halides is 3. The van der Waals surface area contributed by atoms with Gasteiger partial charge in [0.1, 0.15) is 0 Å². The summed E-state index contributed by atoms with van der Waals surface area (Å²) in [5, 5.41) is 3.07. The van der Waals surface area contributed by atoms with Crippen molar-refractivity contribution < 1.29 is 13.2 Å². The second-order valence-corrected chi connectivity index (χ2v) is 2.24. The van der Waals surface area contributed by atoms with Gasteiger partial charge >= 0.3 is 6.18 Å². The van der Waals surface area contributed by atoms with Crippen molar-refractivity contribution in [3.05, 3.63) is 0 Å². The maximum atomic E-state index is 10.4. The zero-order chi connectivity index (χ0) is 9.33. The van der Waals surface area contributed by atoms with Crippen molar-refractivity contribution in [1.29, 1.82) is 0 Å². The highest BCUT2D eigenvalue weighted by atomic mass is 19.4. The lowest BCUT2D eigenvalue weighted by atomic mass is 10.3. The third-order valence-electron chi connectivity index (χ3n) is 0.780. The van der Waals surface area contributed by atoms with Crippen molar-refractivity contribution in [2.24, 2.45) is 0 Å². The summed E-state index contributed by atoms with van der Waals surface area (Å²) in [4.78, 5) is 0. The average molecular weight is 171 g/mol. The Hall–Kier alpha value is -0.250. The van der Waals surface area contributed by atoms with E-state index in [-0.39, 0.29) is 6.92 Å². The van der Waals surface area contributed by atoms with Crippen LogP contribution in [0.25, 0.3) is 0 Å². The summed E-state index contributed by atoms with van der Waals surface area (Å²) in [6.07, 6.45) is -1.41. The number of hydrogen-bond acceptors (Lipinski definition) is 1. The van der Waals surface area contributed by atoms with E-state index in [0.717, 1.165) is 6.54 Å². The van der Waals surface area contributed by atoms with Crippen LogP contribution >= 0.6 is 0 Å². The maximum Gasteiger partial charge on any atom is 0.386 e. The molecular formula is C7H16F3N. The molecule has 11 heavy (non-hydrogen) atoms. The summed E-state index contributed by atoms with van der Waals surface area (Å²) in [6, 6.07) is 0. The van der Waals surface area contributed by atoms with Gasteiger partial charge in [0.25, 0.3) is 0 Å². The molecule has 0 aliphatic heterocycles. The fraction of sp³-hybridized carbons (Fsp3) is 1.00. The third-order valence-corrected chi connectivity index (χ3v) is 0.780. The van der Waals surface area contributed by atoms with Crippen molar-refractivity contribution in [2.45, 2.75) is 32.9 Å². The maximum absolute atomic E-state index is 10.4. The SMILES string of the molecule is CC(F)(F)F.CCCCNC. The lowest BCUT2D eigenvalue weighted by Crippen LogP contribution is -2.06. The normalized spacial score (nSPS) is 10.4. The van der Waals surface area contributed by atoms with Crippen LogP contribution in [0.3, 0.4) is 0 Å². The van der Waals surface area contributed by atoms with E-state index in [2.05, 4.69) is 12.2 Å². The van der Waals surface area contributed by atoms with E-state index < -0.39 is 6.18 Å². The van der Waals surface area contributed by atoms with E-state index in [1.165, 1.54) is 12.8 Å². The molecule has 0 amide bonds. The fourth-order valence-corrected chi connectivity index (χ4v) is 0.354. The molecule has 4 heteroatoms. The van der Waals surface area contributed by atoms with Crippen molar-refractivity contribution in [3.8, 4) is 0 Å². The molecule has 0 rings (SSSR count). The van der Waals surface area contributed by atoms with Crippen LogP contribution in [0.4, 0.5) is 13.2 Å². The molecule has 0 unspecified atom stereocenters. The quantitative estimate of drug-likeness (QED) is 0.643. The Morgan fingerprint density at radius 2 is 1.64 bits per heavy atom. The van der Waals surface area contributed by atoms with E-state index in [9.17, 15) is 13.2 Å². The van der Waals surface area contributed by atoms with Gasteiger partial charge in [-0.25, -0.2) is 0 Å². The minimum Gasteiger partial charge on any atom is -0.320 e. The molecule has 0 aromatic rings. The molecule has 70 valence electrons. The molecule has 0 saturated heterocycles. The summed E-state index contributed by atoms with van der Waals surface area (Å²) in [7, 11) is 1.98. The number of nitrogens with one attached hydrogen (secondary N) is 1. The predicted molar refractivity (Wildman–Crippen MR) is 40.6 cm³/mol. The summed E-state index contributed by atoms with van der Waals surface area (Å²) >= 11 is 0. The molecule has 0 saturated carbocycles. The Morgan fingerprint density at radius 1 is 1.27 bits per heavy atom. The van der Waals surface area contributed by atoms with Gasteiger partial charge in [0.2, 0.25) is 0 Å². The van der Waals surface area contributed by atoms with Crippen LogP contribution in [0.5, 0.6) is 0 Å². The molecule has 0 heterocycles. The van der Waals surface area contributed by atoms with Gasteiger partial charge in [-0.15, -0.1) is 0 Å². The fourth-order valence-electron chi connectivity index (χ4n) is 0.354. The molecule has 1 nitrogen and oxygen atoms in total. The van der Waals surface area contributed by atoms with E-state index in [1.807, 2.05) is 7.05 Å². The third kappa shape index (κ3) is 77.4. The van der Waals surface area contributed by atoms with E-state index in [4.69, 9.17) is 0 Å². The van der Waals surface area contributed by atoms with Crippen LogP contribution in [0.1, 0.15) is 26.7 Å². The highest BCUT2D eigenvalue weighted by Gasteiger charge is 2.15. The Balaban J connectivity index is 0. The Bertz CT molecular complexity index is 60.6. The van der Waals surface area contributed by atoms with Crippen LogP contribution in [-0.2, 0) is 0 Å². The topological polar surface area (TPSA) is 12.0 Å². The molecule has 0 aliphatic rings. The Kier molecular flexibility index (Phi) is 9.53. The van der Waals surface area contributed by atoms with E-state index >= 15 is 0 Å². The molecule has 0 spiro atoms. The zero-order valence-electron chi connectivity index (χ0n) is 7.26. The summed E-state index contributed by atoms with van der Waals surface area (Å²) in [6.45, 7) is 3.54. The number of hydrogen-bond donors (Lipinski definition) is 1. The summed E-state index contributed by atoms with van der Waals surface area (Å²) < 4.78 is 31.1. The van der Waals surface area contributed by atoms with Crippen LogP contribution < -0.4 is 5.32 Å². The second-order valence-electron chi connectivity index (χ2n) is 2.24. The average Bonchev–Trinajstić information content (AvgIpc) is 1.79.